The molecule has 1 aliphatic heterocycles. The van der Waals surface area contributed by atoms with E-state index in [1.165, 1.54) is 0 Å². The highest BCUT2D eigenvalue weighted by Gasteiger charge is 2.24. The molecule has 2 aromatic rings. The van der Waals surface area contributed by atoms with Crippen molar-refractivity contribution in [2.75, 3.05) is 19.0 Å². The summed E-state index contributed by atoms with van der Waals surface area (Å²) in [5.41, 5.74) is 1.92. The second kappa shape index (κ2) is 6.04. The molecule has 0 aromatic heterocycles. The smallest absolute Gasteiger partial charge is 0.143 e. The van der Waals surface area contributed by atoms with Crippen LogP contribution >= 0.6 is 23.2 Å². The van der Waals surface area contributed by atoms with Gasteiger partial charge >= 0.3 is 0 Å². The molecule has 1 aliphatic rings. The molecule has 0 amide bonds. The maximum atomic E-state index is 6.21. The minimum absolute atomic E-state index is 0.0845. The Labute approximate surface area is 133 Å². The standard InChI is InChI=1S/C16H15Cl2NO2/c1-20-15-5-3-2-4-14(15)19-13-6-7-21-16-11(13)8-10(17)9-12(16)18/h2-5,8-9,13,19H,6-7H2,1H3. The molecule has 1 atom stereocenters. The maximum absolute atomic E-state index is 6.21. The zero-order valence-corrected chi connectivity index (χ0v) is 13.0. The second-order valence-electron chi connectivity index (χ2n) is 4.84. The molecule has 1 N–H and O–H groups in total. The first-order valence-corrected chi connectivity index (χ1v) is 7.46. The monoisotopic (exact) mass is 323 g/mol. The van der Waals surface area contributed by atoms with E-state index in [9.17, 15) is 0 Å². The SMILES string of the molecule is COc1ccccc1NC1CCOc2c(Cl)cc(Cl)cc21. The fourth-order valence-electron chi connectivity index (χ4n) is 2.53. The van der Waals surface area contributed by atoms with Crippen LogP contribution in [0.3, 0.4) is 0 Å². The second-order valence-corrected chi connectivity index (χ2v) is 5.68. The van der Waals surface area contributed by atoms with E-state index < -0.39 is 0 Å². The van der Waals surface area contributed by atoms with Gasteiger partial charge in [-0.2, -0.15) is 0 Å². The molecule has 3 nitrogen and oxygen atoms in total. The predicted molar refractivity (Wildman–Crippen MR) is 85.9 cm³/mol. The third kappa shape index (κ3) is 2.89. The Kier molecular flexibility index (Phi) is 4.13. The molecule has 0 radical (unpaired) electrons. The van der Waals surface area contributed by atoms with Crippen molar-refractivity contribution >= 4 is 28.9 Å². The van der Waals surface area contributed by atoms with Gasteiger partial charge in [0, 0.05) is 17.0 Å². The van der Waals surface area contributed by atoms with E-state index in [4.69, 9.17) is 32.7 Å². The van der Waals surface area contributed by atoms with Crippen LogP contribution in [-0.4, -0.2) is 13.7 Å². The number of anilines is 1. The van der Waals surface area contributed by atoms with E-state index in [2.05, 4.69) is 5.32 Å². The van der Waals surface area contributed by atoms with Gasteiger partial charge in [0.1, 0.15) is 11.5 Å². The molecule has 0 saturated carbocycles. The lowest BCUT2D eigenvalue weighted by Crippen LogP contribution is -2.21. The van der Waals surface area contributed by atoms with Gasteiger partial charge in [0.15, 0.2) is 0 Å². The summed E-state index contributed by atoms with van der Waals surface area (Å²) in [4.78, 5) is 0. The van der Waals surface area contributed by atoms with E-state index in [-0.39, 0.29) is 6.04 Å². The Morgan fingerprint density at radius 2 is 2.05 bits per heavy atom. The molecule has 0 spiro atoms. The van der Waals surface area contributed by atoms with E-state index >= 15 is 0 Å². The summed E-state index contributed by atoms with van der Waals surface area (Å²) in [6.07, 6.45) is 0.835. The van der Waals surface area contributed by atoms with Crippen LogP contribution in [0.2, 0.25) is 10.0 Å². The topological polar surface area (TPSA) is 30.5 Å². The van der Waals surface area contributed by atoms with Crippen molar-refractivity contribution in [2.24, 2.45) is 0 Å². The number of para-hydroxylation sites is 2. The minimum atomic E-state index is 0.0845. The lowest BCUT2D eigenvalue weighted by molar-refractivity contribution is 0.274. The van der Waals surface area contributed by atoms with Gasteiger partial charge < -0.3 is 14.8 Å². The Balaban J connectivity index is 1.95. The fraction of sp³-hybridized carbons (Fsp3) is 0.250. The molecule has 5 heteroatoms. The molecule has 1 unspecified atom stereocenters. The highest BCUT2D eigenvalue weighted by Crippen LogP contribution is 2.42. The van der Waals surface area contributed by atoms with Crippen molar-refractivity contribution < 1.29 is 9.47 Å². The van der Waals surface area contributed by atoms with Crippen molar-refractivity contribution in [1.29, 1.82) is 0 Å². The molecule has 2 aromatic carbocycles. The number of nitrogens with one attached hydrogen (secondary N) is 1. The van der Waals surface area contributed by atoms with Crippen LogP contribution in [0.4, 0.5) is 5.69 Å². The molecule has 0 aliphatic carbocycles. The summed E-state index contributed by atoms with van der Waals surface area (Å²) in [6.45, 7) is 0.612. The molecular formula is C16H15Cl2NO2. The molecule has 1 heterocycles. The van der Waals surface area contributed by atoms with Crippen LogP contribution in [0.25, 0.3) is 0 Å². The third-order valence-electron chi connectivity index (χ3n) is 3.50. The fourth-order valence-corrected chi connectivity index (χ4v) is 3.09. The number of benzene rings is 2. The Morgan fingerprint density at radius 1 is 1.24 bits per heavy atom. The van der Waals surface area contributed by atoms with E-state index in [1.807, 2.05) is 30.3 Å². The lowest BCUT2D eigenvalue weighted by atomic mass is 10.00. The number of halogens is 2. The Morgan fingerprint density at radius 3 is 2.86 bits per heavy atom. The van der Waals surface area contributed by atoms with Crippen LogP contribution in [0, 0.1) is 0 Å². The Bertz CT molecular complexity index is 661. The highest BCUT2D eigenvalue weighted by molar-refractivity contribution is 6.35. The molecule has 3 rings (SSSR count). The summed E-state index contributed by atoms with van der Waals surface area (Å²) >= 11 is 12.3. The number of hydrogen-bond donors (Lipinski definition) is 1. The number of rotatable bonds is 3. The number of ether oxygens (including phenoxy) is 2. The van der Waals surface area contributed by atoms with Gasteiger partial charge in [-0.05, 0) is 24.3 Å². The summed E-state index contributed by atoms with van der Waals surface area (Å²) in [5, 5.41) is 4.64. The zero-order chi connectivity index (χ0) is 14.8. The minimum Gasteiger partial charge on any atom is -0.495 e. The van der Waals surface area contributed by atoms with Crippen molar-refractivity contribution in [1.82, 2.24) is 0 Å². The van der Waals surface area contributed by atoms with Gasteiger partial charge in [0.25, 0.3) is 0 Å². The molecule has 0 bridgehead atoms. The number of hydrogen-bond acceptors (Lipinski definition) is 3. The largest absolute Gasteiger partial charge is 0.495 e. The average Bonchev–Trinajstić information content (AvgIpc) is 2.48. The van der Waals surface area contributed by atoms with Crippen LogP contribution < -0.4 is 14.8 Å². The van der Waals surface area contributed by atoms with Crippen LogP contribution in [0.1, 0.15) is 18.0 Å². The van der Waals surface area contributed by atoms with Crippen LogP contribution in [0.5, 0.6) is 11.5 Å². The predicted octanol–water partition coefficient (Wildman–Crippen LogP) is 4.94. The molecular weight excluding hydrogens is 309 g/mol. The third-order valence-corrected chi connectivity index (χ3v) is 4.00. The van der Waals surface area contributed by atoms with Crippen molar-refractivity contribution in [3.05, 3.63) is 52.0 Å². The summed E-state index contributed by atoms with van der Waals surface area (Å²) < 4.78 is 11.0. The van der Waals surface area contributed by atoms with Gasteiger partial charge in [-0.25, -0.2) is 0 Å². The van der Waals surface area contributed by atoms with E-state index in [1.54, 1.807) is 13.2 Å². The van der Waals surface area contributed by atoms with Gasteiger partial charge in [0.2, 0.25) is 0 Å². The first kappa shape index (κ1) is 14.4. The molecule has 21 heavy (non-hydrogen) atoms. The summed E-state index contributed by atoms with van der Waals surface area (Å²) in [6, 6.07) is 11.5. The van der Waals surface area contributed by atoms with Crippen molar-refractivity contribution in [3.8, 4) is 11.5 Å². The molecule has 110 valence electrons. The number of methoxy groups -OCH3 is 1. The highest BCUT2D eigenvalue weighted by atomic mass is 35.5. The average molecular weight is 324 g/mol. The van der Waals surface area contributed by atoms with E-state index in [0.717, 1.165) is 23.4 Å². The maximum Gasteiger partial charge on any atom is 0.143 e. The molecule has 0 fully saturated rings. The van der Waals surface area contributed by atoms with Crippen LogP contribution in [-0.2, 0) is 0 Å². The lowest BCUT2D eigenvalue weighted by Gasteiger charge is -2.28. The van der Waals surface area contributed by atoms with Gasteiger partial charge in [0.05, 0.1) is 30.5 Å². The summed E-state index contributed by atoms with van der Waals surface area (Å²) in [5.74, 6) is 1.51. The van der Waals surface area contributed by atoms with Gasteiger partial charge in [-0.15, -0.1) is 0 Å². The van der Waals surface area contributed by atoms with Gasteiger partial charge in [-0.3, -0.25) is 0 Å². The van der Waals surface area contributed by atoms with E-state index in [0.29, 0.717) is 22.4 Å². The van der Waals surface area contributed by atoms with Crippen molar-refractivity contribution in [3.63, 3.8) is 0 Å². The quantitative estimate of drug-likeness (QED) is 0.868. The zero-order valence-electron chi connectivity index (χ0n) is 11.5. The molecule has 0 saturated heterocycles. The Hall–Kier alpha value is -1.58. The van der Waals surface area contributed by atoms with Crippen molar-refractivity contribution in [2.45, 2.75) is 12.5 Å². The number of fused-ring (bicyclic) bond motifs is 1. The first-order valence-electron chi connectivity index (χ1n) is 6.70. The van der Waals surface area contributed by atoms with Crippen LogP contribution in [0.15, 0.2) is 36.4 Å². The van der Waals surface area contributed by atoms with Gasteiger partial charge in [-0.1, -0.05) is 35.3 Å². The first-order chi connectivity index (χ1) is 10.2. The summed E-state index contributed by atoms with van der Waals surface area (Å²) in [7, 11) is 1.66. The normalized spacial score (nSPS) is 16.8.